The van der Waals surface area contributed by atoms with Gasteiger partial charge in [-0.2, -0.15) is 0 Å². The molecule has 4 bridgehead atoms. The molecule has 2 aliphatic rings. The average molecular weight is 903 g/mol. The number of benzene rings is 4. The summed E-state index contributed by atoms with van der Waals surface area (Å²) in [7, 11) is 3.02. The van der Waals surface area contributed by atoms with Crippen LogP contribution in [0.4, 0.5) is 0 Å². The Balaban J connectivity index is 1.30. The Kier molecular flexibility index (Phi) is 15.7. The number of ketones is 2. The minimum absolute atomic E-state index is 0.0746. The number of phenols is 2. The first-order chi connectivity index (χ1) is 31.1. The Bertz CT molecular complexity index is 2510. The van der Waals surface area contributed by atoms with Crippen LogP contribution >= 0.6 is 11.6 Å². The molecule has 14 nitrogen and oxygen atoms in total. The highest BCUT2D eigenvalue weighted by Crippen LogP contribution is 2.40. The Morgan fingerprint density at radius 2 is 1.52 bits per heavy atom. The number of amidine groups is 1. The molecule has 0 fully saturated rings. The molecule has 2 heterocycles. The predicted octanol–water partition coefficient (Wildman–Crippen LogP) is 6.17. The monoisotopic (exact) mass is 902 g/mol. The lowest BCUT2D eigenvalue weighted by Crippen LogP contribution is -2.54. The number of aromatic hydroxyl groups is 2. The van der Waals surface area contributed by atoms with E-state index < -0.39 is 59.4 Å². The van der Waals surface area contributed by atoms with Crippen molar-refractivity contribution in [2.24, 2.45) is 22.6 Å². The minimum Gasteiger partial charge on any atom is -0.507 e. The van der Waals surface area contributed by atoms with E-state index in [0.717, 1.165) is 11.1 Å². The van der Waals surface area contributed by atoms with E-state index in [1.54, 1.807) is 55.6 Å². The van der Waals surface area contributed by atoms with E-state index in [1.165, 1.54) is 55.0 Å². The van der Waals surface area contributed by atoms with E-state index in [2.05, 4.69) is 15.6 Å². The number of amides is 4. The topological polar surface area (TPSA) is 212 Å². The molecule has 6 rings (SSSR count). The number of rotatable bonds is 13. The molecule has 65 heavy (non-hydrogen) atoms. The molecule has 0 unspecified atom stereocenters. The maximum Gasteiger partial charge on any atom is 0.250 e. The molecule has 4 aromatic rings. The molecule has 2 aliphatic heterocycles. The smallest absolute Gasteiger partial charge is 0.250 e. The Morgan fingerprint density at radius 3 is 2.17 bits per heavy atom. The normalized spacial score (nSPS) is 18.1. The van der Waals surface area contributed by atoms with Gasteiger partial charge in [-0.25, -0.2) is 0 Å². The second-order valence-electron chi connectivity index (χ2n) is 16.7. The van der Waals surface area contributed by atoms with Gasteiger partial charge in [-0.3, -0.25) is 38.7 Å². The van der Waals surface area contributed by atoms with Crippen LogP contribution in [0, 0.1) is 11.8 Å². The van der Waals surface area contributed by atoms with Crippen molar-refractivity contribution in [1.29, 1.82) is 0 Å². The van der Waals surface area contributed by atoms with Gasteiger partial charge in [-0.05, 0) is 91.0 Å². The van der Waals surface area contributed by atoms with Crippen molar-refractivity contribution in [3.63, 3.8) is 0 Å². The van der Waals surface area contributed by atoms with Crippen molar-refractivity contribution < 1.29 is 39.0 Å². The fraction of sp³-hybridized carbons (Fsp3) is 0.340. The zero-order chi connectivity index (χ0) is 46.9. The molecule has 6 N–H and O–H groups in total. The second kappa shape index (κ2) is 21.4. The number of hydrogen-bond donors (Lipinski definition) is 5. The molecule has 0 spiro atoms. The lowest BCUT2D eigenvalue weighted by molar-refractivity contribution is -0.142. The molecule has 0 aromatic heterocycles. The largest absolute Gasteiger partial charge is 0.507 e. The van der Waals surface area contributed by atoms with E-state index >= 15 is 0 Å². The predicted molar refractivity (Wildman–Crippen MR) is 249 cm³/mol. The average Bonchev–Trinajstić information content (AvgIpc) is 3.84. The molecular formula is C50H55ClN6O8. The summed E-state index contributed by atoms with van der Waals surface area (Å²) in [6.07, 6.45) is 4.38. The van der Waals surface area contributed by atoms with Gasteiger partial charge in [0.2, 0.25) is 23.6 Å². The number of carbonyl (C=O) groups is 6. The molecule has 340 valence electrons. The van der Waals surface area contributed by atoms with Crippen LogP contribution in [0.1, 0.15) is 73.5 Å². The number of phenolic OH excluding ortho intramolecular Hbond substituents is 2. The van der Waals surface area contributed by atoms with E-state index in [0.29, 0.717) is 59.9 Å². The summed E-state index contributed by atoms with van der Waals surface area (Å²) in [5, 5.41) is 28.4. The Hall–Kier alpha value is -6.64. The number of carbonyl (C=O) groups excluding carboxylic acids is 6. The fourth-order valence-corrected chi connectivity index (χ4v) is 8.33. The number of halogens is 1. The third-order valence-electron chi connectivity index (χ3n) is 12.0. The zero-order valence-corrected chi connectivity index (χ0v) is 37.7. The number of nitrogens with zero attached hydrogens (tertiary/aromatic N) is 3. The van der Waals surface area contributed by atoms with Gasteiger partial charge in [-0.1, -0.05) is 79.6 Å². The van der Waals surface area contributed by atoms with Crippen LogP contribution in [0.3, 0.4) is 0 Å². The van der Waals surface area contributed by atoms with E-state index in [4.69, 9.17) is 17.3 Å². The second-order valence-corrected chi connectivity index (χ2v) is 17.2. The number of Topliss-reactive ketones (excluding diaryl/α,β-unsaturated/α-hetero) is 2. The van der Waals surface area contributed by atoms with Gasteiger partial charge in [-0.15, -0.1) is 0 Å². The number of nitrogens with one attached hydrogen (secondary N) is 2. The van der Waals surface area contributed by atoms with Gasteiger partial charge in [0.25, 0.3) is 0 Å². The highest BCUT2D eigenvalue weighted by molar-refractivity contribution is 6.30. The number of nitrogens with two attached hydrogens (primary N) is 1. The molecule has 0 saturated heterocycles. The third-order valence-corrected chi connectivity index (χ3v) is 12.2. The van der Waals surface area contributed by atoms with Crippen molar-refractivity contribution in [3.05, 3.63) is 119 Å². The standard InChI is InChI=1S/C50H55ClN6O8/c1-29-24-44(61)46(57(4)50(65)36(8-5-6-22-52)28-43(60)34-13-11-32(12-14-34)33-15-18-37(51)19-16-33)35-17-21-42(59)39(27-35)38-25-31(10-20-41(38)58)26-40(55-47(29)62)48(63)54-30(2)49(64)56(3)45-9-7-23-53-45/h7,9-21,25,27,29-30,36,40,46,58-59H,5-6,8,22-24,26,28,52H2,1-4H3,(H,54,63)(H,55,62)/t29-,30+,36-,40+,46+/m1/s1. The molecular weight excluding hydrogens is 848 g/mol. The SMILES string of the molecule is C[C@@H]1CC(=O)[C@@H](N(C)C(=O)[C@H](CCCCN)CC(=O)c2ccc(-c3ccc(Cl)cc3)cc2)c2ccc(O)c(c2)-c2cc(ccc2O)C[C@@H](C(=O)N[C@@H](C)C(=O)N(C)C2=NCC=C2)NC1=O. The highest BCUT2D eigenvalue weighted by Gasteiger charge is 2.36. The fourth-order valence-electron chi connectivity index (χ4n) is 8.21. The Labute approximate surface area is 383 Å². The number of hydrogen-bond acceptors (Lipinski definition) is 10. The van der Waals surface area contributed by atoms with Crippen LogP contribution in [0.25, 0.3) is 22.3 Å². The maximum absolute atomic E-state index is 14.7. The van der Waals surface area contributed by atoms with Crippen LogP contribution in [0.15, 0.2) is 102 Å². The summed E-state index contributed by atoms with van der Waals surface area (Å²) in [6.45, 7) is 3.88. The minimum atomic E-state index is -1.29. The van der Waals surface area contributed by atoms with Crippen LogP contribution in [0.5, 0.6) is 11.5 Å². The lowest BCUT2D eigenvalue weighted by atomic mass is 9.88. The maximum atomic E-state index is 14.7. The number of likely N-dealkylation sites (N-methyl/N-ethyl adjacent to an activating group) is 2. The highest BCUT2D eigenvalue weighted by atomic mass is 35.5. The molecule has 5 atom stereocenters. The summed E-state index contributed by atoms with van der Waals surface area (Å²) < 4.78 is 0. The van der Waals surface area contributed by atoms with Crippen molar-refractivity contribution in [1.82, 2.24) is 20.4 Å². The van der Waals surface area contributed by atoms with Crippen LogP contribution in [-0.2, 0) is 30.4 Å². The quantitative estimate of drug-likeness (QED) is 0.0766. The summed E-state index contributed by atoms with van der Waals surface area (Å²) in [5.74, 6) is -4.82. The van der Waals surface area contributed by atoms with Crippen LogP contribution < -0.4 is 16.4 Å². The van der Waals surface area contributed by atoms with E-state index in [1.807, 2.05) is 24.3 Å². The first-order valence-corrected chi connectivity index (χ1v) is 22.1. The van der Waals surface area contributed by atoms with E-state index in [-0.39, 0.29) is 47.7 Å². The van der Waals surface area contributed by atoms with Crippen LogP contribution in [0.2, 0.25) is 5.02 Å². The first kappa shape index (κ1) is 47.8. The van der Waals surface area contributed by atoms with Crippen molar-refractivity contribution in [3.8, 4) is 33.8 Å². The molecule has 0 radical (unpaired) electrons. The van der Waals surface area contributed by atoms with Crippen molar-refractivity contribution in [2.75, 3.05) is 27.2 Å². The van der Waals surface area contributed by atoms with Gasteiger partial charge < -0.3 is 31.5 Å². The van der Waals surface area contributed by atoms with Gasteiger partial charge >= 0.3 is 0 Å². The summed E-state index contributed by atoms with van der Waals surface area (Å²) in [6, 6.07) is 19.8. The lowest BCUT2D eigenvalue weighted by Gasteiger charge is -2.32. The van der Waals surface area contributed by atoms with Crippen molar-refractivity contribution in [2.45, 2.75) is 70.5 Å². The number of fused-ring (bicyclic) bond motifs is 5. The summed E-state index contributed by atoms with van der Waals surface area (Å²) >= 11 is 6.06. The molecule has 15 heteroatoms. The third kappa shape index (κ3) is 11.6. The summed E-state index contributed by atoms with van der Waals surface area (Å²) in [4.78, 5) is 91.2. The van der Waals surface area contributed by atoms with Gasteiger partial charge in [0.15, 0.2) is 11.6 Å². The molecule has 0 saturated carbocycles. The van der Waals surface area contributed by atoms with E-state index in [9.17, 15) is 39.0 Å². The molecule has 4 amide bonds. The zero-order valence-electron chi connectivity index (χ0n) is 36.9. The molecule has 4 aromatic carbocycles. The molecule has 0 aliphatic carbocycles. The number of aliphatic imine (C=N–C) groups is 1. The number of unbranched alkanes of at least 4 members (excludes halogenated alkanes) is 1. The van der Waals surface area contributed by atoms with Crippen LogP contribution in [-0.4, -0.2) is 100 Å². The summed E-state index contributed by atoms with van der Waals surface area (Å²) in [5.41, 5.74) is 9.16. The van der Waals surface area contributed by atoms with Gasteiger partial charge in [0.05, 0.1) is 6.54 Å². The Morgan fingerprint density at radius 1 is 0.877 bits per heavy atom. The van der Waals surface area contributed by atoms with Gasteiger partial charge in [0, 0.05) is 66.9 Å². The van der Waals surface area contributed by atoms with Crippen molar-refractivity contribution >= 4 is 52.6 Å². The first-order valence-electron chi connectivity index (χ1n) is 21.7. The van der Waals surface area contributed by atoms with Gasteiger partial charge in [0.1, 0.15) is 35.5 Å².